The van der Waals surface area contributed by atoms with E-state index in [2.05, 4.69) is 20.6 Å². The summed E-state index contributed by atoms with van der Waals surface area (Å²) in [6.07, 6.45) is -5.68. The highest BCUT2D eigenvalue weighted by molar-refractivity contribution is 8.00. The first kappa shape index (κ1) is 31.7. The molecule has 236 valence electrons. The average Bonchev–Trinajstić information content (AvgIpc) is 3.65. The minimum Gasteiger partial charge on any atom is -0.394 e. The molecule has 18 heteroatoms. The Kier molecular flexibility index (Phi) is 9.40. The molecule has 0 amide bonds. The number of aliphatic hydroxyl groups excluding tert-OH is 6. The second-order valence-corrected chi connectivity index (χ2v) is 11.8. The van der Waals surface area contributed by atoms with Gasteiger partial charge < -0.3 is 40.1 Å². The van der Waals surface area contributed by atoms with E-state index in [0.717, 1.165) is 16.4 Å². The molecule has 0 spiro atoms. The summed E-state index contributed by atoms with van der Waals surface area (Å²) in [6, 6.07) is -1.00. The van der Waals surface area contributed by atoms with Crippen LogP contribution in [0.25, 0.3) is 11.3 Å². The topological polar surface area (TPSA) is 201 Å². The van der Waals surface area contributed by atoms with E-state index in [-0.39, 0.29) is 17.2 Å². The standard InChI is InChI=1S/C25H31F3N6O8S/c1-9(2)13-5-33(31-29-13)18-20(37)15(7-35)41-24(22(18)39)43-25-23(40)19(21(38)16(8-36)42-25)34-6-14(30-32-34)10-3-11(26)17(28)12(27)4-10/h3-6,9,15-16,18-25,35-40H,7-8H2,1-2H3/t15-,16?,18?,19?,20?,21+,22-,23+,24?,25+/m1/s1. The first-order valence-electron chi connectivity index (χ1n) is 13.3. The minimum absolute atomic E-state index is 0.00431. The van der Waals surface area contributed by atoms with Crippen molar-refractivity contribution in [1.29, 1.82) is 0 Å². The van der Waals surface area contributed by atoms with Gasteiger partial charge in [-0.1, -0.05) is 36.0 Å². The molecule has 43 heavy (non-hydrogen) atoms. The lowest BCUT2D eigenvalue weighted by Gasteiger charge is -2.46. The van der Waals surface area contributed by atoms with Crippen LogP contribution in [-0.2, 0) is 9.47 Å². The Morgan fingerprint density at radius 1 is 0.791 bits per heavy atom. The number of aliphatic hydroxyl groups is 6. The van der Waals surface area contributed by atoms with Crippen LogP contribution in [0.5, 0.6) is 0 Å². The Morgan fingerprint density at radius 3 is 1.74 bits per heavy atom. The van der Waals surface area contributed by atoms with Crippen LogP contribution in [0.3, 0.4) is 0 Å². The molecule has 5 unspecified atom stereocenters. The zero-order valence-corrected chi connectivity index (χ0v) is 23.6. The molecule has 4 heterocycles. The van der Waals surface area contributed by atoms with Crippen molar-refractivity contribution in [2.45, 2.75) is 79.3 Å². The van der Waals surface area contributed by atoms with Gasteiger partial charge in [0.25, 0.3) is 0 Å². The Labute approximate surface area is 246 Å². The van der Waals surface area contributed by atoms with Gasteiger partial charge in [0.1, 0.15) is 65.3 Å². The predicted octanol–water partition coefficient (Wildman–Crippen LogP) is -0.529. The van der Waals surface area contributed by atoms with Crippen LogP contribution < -0.4 is 0 Å². The summed E-state index contributed by atoms with van der Waals surface area (Å²) < 4.78 is 54.8. The molecule has 2 saturated heterocycles. The van der Waals surface area contributed by atoms with Gasteiger partial charge in [-0.15, -0.1) is 10.2 Å². The molecule has 2 fully saturated rings. The molecule has 10 atom stereocenters. The monoisotopic (exact) mass is 632 g/mol. The fraction of sp³-hybridized carbons (Fsp3) is 0.600. The van der Waals surface area contributed by atoms with Gasteiger partial charge in [0.05, 0.1) is 25.1 Å². The summed E-state index contributed by atoms with van der Waals surface area (Å²) in [4.78, 5) is 0. The van der Waals surface area contributed by atoms with Gasteiger partial charge in [-0.05, 0) is 18.1 Å². The highest BCUT2D eigenvalue weighted by atomic mass is 32.2. The second kappa shape index (κ2) is 12.7. The van der Waals surface area contributed by atoms with Gasteiger partial charge in [0.15, 0.2) is 17.5 Å². The number of hydrogen-bond acceptors (Lipinski definition) is 13. The first-order valence-corrected chi connectivity index (χ1v) is 14.3. The SMILES string of the molecule is CC(C)c1cn(C2C(O)[C@@H](CO)OC(S[C@@H]3OC(CO)[C@H](O)C(n4cc(-c5cc(F)c(F)c(F)c5)nn4)[C@@H]3O)[C@@H]2O)nn1. The van der Waals surface area contributed by atoms with Crippen LogP contribution in [0.15, 0.2) is 24.5 Å². The molecule has 2 aromatic heterocycles. The highest BCUT2D eigenvalue weighted by Gasteiger charge is 2.51. The zero-order chi connectivity index (χ0) is 31.2. The minimum atomic E-state index is -1.66. The van der Waals surface area contributed by atoms with Crippen molar-refractivity contribution in [3.63, 3.8) is 0 Å². The molecule has 2 aliphatic rings. The van der Waals surface area contributed by atoms with Gasteiger partial charge in [0.2, 0.25) is 0 Å². The van der Waals surface area contributed by atoms with Crippen molar-refractivity contribution in [3.8, 4) is 11.3 Å². The summed E-state index contributed by atoms with van der Waals surface area (Å²) in [7, 11) is 0. The quantitative estimate of drug-likeness (QED) is 0.173. The number of nitrogens with zero attached hydrogens (tertiary/aromatic N) is 6. The van der Waals surface area contributed by atoms with Crippen LogP contribution in [0.2, 0.25) is 0 Å². The van der Waals surface area contributed by atoms with E-state index in [1.165, 1.54) is 10.9 Å². The third-order valence-corrected chi connectivity index (χ3v) is 8.80. The Hall–Kier alpha value is -2.68. The third-order valence-electron chi connectivity index (χ3n) is 7.49. The van der Waals surface area contributed by atoms with Crippen LogP contribution >= 0.6 is 11.8 Å². The lowest BCUT2D eigenvalue weighted by molar-refractivity contribution is -0.189. The van der Waals surface area contributed by atoms with Crippen LogP contribution in [0, 0.1) is 17.5 Å². The molecular weight excluding hydrogens is 601 g/mol. The number of rotatable bonds is 8. The molecule has 0 radical (unpaired) electrons. The van der Waals surface area contributed by atoms with Crippen molar-refractivity contribution in [2.75, 3.05) is 13.2 Å². The molecule has 5 rings (SSSR count). The maximum Gasteiger partial charge on any atom is 0.194 e. The van der Waals surface area contributed by atoms with Crippen molar-refractivity contribution < 1.29 is 53.3 Å². The fourth-order valence-electron chi connectivity index (χ4n) is 5.08. The van der Waals surface area contributed by atoms with Gasteiger partial charge in [-0.3, -0.25) is 0 Å². The highest BCUT2D eigenvalue weighted by Crippen LogP contribution is 2.42. The van der Waals surface area contributed by atoms with Crippen molar-refractivity contribution >= 4 is 11.8 Å². The van der Waals surface area contributed by atoms with Crippen LogP contribution in [0.1, 0.15) is 37.5 Å². The summed E-state index contributed by atoms with van der Waals surface area (Å²) in [5.41, 5.74) is -2.16. The Balaban J connectivity index is 1.41. The normalized spacial score (nSPS) is 33.3. The van der Waals surface area contributed by atoms with Crippen molar-refractivity contribution in [1.82, 2.24) is 30.0 Å². The molecular formula is C25H31F3N6O8S. The maximum atomic E-state index is 13.8. The second-order valence-electron chi connectivity index (χ2n) is 10.6. The first-order chi connectivity index (χ1) is 20.4. The predicted molar refractivity (Wildman–Crippen MR) is 141 cm³/mol. The van der Waals surface area contributed by atoms with Gasteiger partial charge in [-0.2, -0.15) is 0 Å². The average molecular weight is 633 g/mol. The molecule has 0 saturated carbocycles. The molecule has 3 aromatic rings. The van der Waals surface area contributed by atoms with Gasteiger partial charge in [-0.25, -0.2) is 22.5 Å². The van der Waals surface area contributed by atoms with E-state index in [4.69, 9.17) is 9.47 Å². The van der Waals surface area contributed by atoms with Crippen molar-refractivity contribution in [3.05, 3.63) is 47.7 Å². The number of ether oxygens (including phenoxy) is 2. The molecule has 2 aliphatic heterocycles. The number of hydrogen-bond donors (Lipinski definition) is 6. The van der Waals surface area contributed by atoms with E-state index in [0.29, 0.717) is 17.8 Å². The maximum absolute atomic E-state index is 13.8. The number of benzene rings is 1. The van der Waals surface area contributed by atoms with Crippen LogP contribution in [0.4, 0.5) is 13.2 Å². The van der Waals surface area contributed by atoms with E-state index < -0.39 is 90.2 Å². The van der Waals surface area contributed by atoms with Crippen molar-refractivity contribution in [2.24, 2.45) is 0 Å². The molecule has 1 aromatic carbocycles. The van der Waals surface area contributed by atoms with Gasteiger partial charge >= 0.3 is 0 Å². The van der Waals surface area contributed by atoms with E-state index in [9.17, 15) is 43.8 Å². The number of aromatic nitrogens is 6. The largest absolute Gasteiger partial charge is 0.394 e. The number of halogens is 3. The third kappa shape index (κ3) is 6.03. The van der Waals surface area contributed by atoms with E-state index in [1.807, 2.05) is 13.8 Å². The van der Waals surface area contributed by atoms with Gasteiger partial charge in [0, 0.05) is 11.8 Å². The zero-order valence-electron chi connectivity index (χ0n) is 22.8. The number of thioether (sulfide) groups is 1. The van der Waals surface area contributed by atoms with Crippen LogP contribution in [-0.4, -0.2) is 121 Å². The summed E-state index contributed by atoms with van der Waals surface area (Å²) >= 11 is 0.766. The Bertz CT molecular complexity index is 1390. The summed E-state index contributed by atoms with van der Waals surface area (Å²) in [5, 5.41) is 79.9. The van der Waals surface area contributed by atoms with E-state index >= 15 is 0 Å². The molecule has 0 bridgehead atoms. The smallest absolute Gasteiger partial charge is 0.194 e. The lowest BCUT2D eigenvalue weighted by Crippen LogP contribution is -2.58. The fourth-order valence-corrected chi connectivity index (χ4v) is 6.40. The lowest BCUT2D eigenvalue weighted by atomic mass is 9.97. The Morgan fingerprint density at radius 2 is 1.28 bits per heavy atom. The molecule has 0 aliphatic carbocycles. The molecule has 14 nitrogen and oxygen atoms in total. The molecule has 6 N–H and O–H groups in total. The summed E-state index contributed by atoms with van der Waals surface area (Å²) in [5.74, 6) is -4.56. The summed E-state index contributed by atoms with van der Waals surface area (Å²) in [6.45, 7) is 2.47. The van der Waals surface area contributed by atoms with E-state index in [1.54, 1.807) is 6.20 Å².